The molecule has 7 heteroatoms. The summed E-state index contributed by atoms with van der Waals surface area (Å²) in [5.41, 5.74) is 2.01. The molecule has 1 aromatic heterocycles. The summed E-state index contributed by atoms with van der Waals surface area (Å²) >= 11 is 0. The molecule has 0 radical (unpaired) electrons. The molecule has 2 heterocycles. The van der Waals surface area contributed by atoms with E-state index in [0.29, 0.717) is 36.5 Å². The Labute approximate surface area is 175 Å². The van der Waals surface area contributed by atoms with E-state index in [0.717, 1.165) is 5.52 Å². The lowest BCUT2D eigenvalue weighted by atomic mass is 10.1. The molecule has 0 bridgehead atoms. The number of para-hydroxylation sites is 1. The molecule has 2 aromatic carbocycles. The van der Waals surface area contributed by atoms with Crippen LogP contribution in [0.15, 0.2) is 60.9 Å². The van der Waals surface area contributed by atoms with Crippen molar-refractivity contribution in [1.29, 1.82) is 0 Å². The number of piperazine rings is 1. The van der Waals surface area contributed by atoms with E-state index in [-0.39, 0.29) is 17.9 Å². The SMILES string of the molecule is CC(Oc1cccc2nccnc12)C(=O)N1CCN(C(=O)c2ccccc2)C[C@H]1C. The van der Waals surface area contributed by atoms with Gasteiger partial charge in [0.15, 0.2) is 6.10 Å². The number of hydrogen-bond donors (Lipinski definition) is 0. The fourth-order valence-electron chi connectivity index (χ4n) is 3.77. The highest BCUT2D eigenvalue weighted by molar-refractivity contribution is 5.94. The molecule has 154 valence electrons. The molecular weight excluding hydrogens is 380 g/mol. The normalized spacial score (nSPS) is 17.6. The lowest BCUT2D eigenvalue weighted by Gasteiger charge is -2.40. The van der Waals surface area contributed by atoms with Crippen LogP contribution in [-0.2, 0) is 4.79 Å². The second-order valence-electron chi connectivity index (χ2n) is 7.44. The fourth-order valence-corrected chi connectivity index (χ4v) is 3.77. The van der Waals surface area contributed by atoms with E-state index in [1.165, 1.54) is 0 Å². The highest BCUT2D eigenvalue weighted by Gasteiger charge is 2.33. The third-order valence-electron chi connectivity index (χ3n) is 5.33. The van der Waals surface area contributed by atoms with Crippen molar-refractivity contribution >= 4 is 22.8 Å². The van der Waals surface area contributed by atoms with Crippen LogP contribution in [0.3, 0.4) is 0 Å². The van der Waals surface area contributed by atoms with Crippen molar-refractivity contribution in [3.63, 3.8) is 0 Å². The van der Waals surface area contributed by atoms with E-state index in [1.54, 1.807) is 35.2 Å². The molecular formula is C23H24N4O3. The maximum absolute atomic E-state index is 13.1. The molecule has 7 nitrogen and oxygen atoms in total. The monoisotopic (exact) mass is 404 g/mol. The fraction of sp³-hybridized carbons (Fsp3) is 0.304. The lowest BCUT2D eigenvalue weighted by molar-refractivity contribution is -0.142. The molecule has 4 rings (SSSR count). The van der Waals surface area contributed by atoms with Gasteiger partial charge in [0, 0.05) is 43.6 Å². The van der Waals surface area contributed by atoms with Crippen LogP contribution in [0, 0.1) is 0 Å². The third kappa shape index (κ3) is 3.96. The van der Waals surface area contributed by atoms with E-state index in [2.05, 4.69) is 9.97 Å². The smallest absolute Gasteiger partial charge is 0.263 e. The van der Waals surface area contributed by atoms with Gasteiger partial charge in [0.25, 0.3) is 11.8 Å². The average Bonchev–Trinajstić information content (AvgIpc) is 2.79. The van der Waals surface area contributed by atoms with Crippen molar-refractivity contribution in [3.8, 4) is 5.75 Å². The molecule has 0 N–H and O–H groups in total. The molecule has 2 atom stereocenters. The zero-order chi connectivity index (χ0) is 21.1. The number of carbonyl (C=O) groups excluding carboxylic acids is 2. The van der Waals surface area contributed by atoms with Crippen molar-refractivity contribution in [1.82, 2.24) is 19.8 Å². The molecule has 1 aliphatic heterocycles. The number of nitrogens with zero attached hydrogens (tertiary/aromatic N) is 4. The topological polar surface area (TPSA) is 75.6 Å². The van der Waals surface area contributed by atoms with Gasteiger partial charge in [-0.15, -0.1) is 0 Å². The summed E-state index contributed by atoms with van der Waals surface area (Å²) in [4.78, 5) is 37.9. The number of benzene rings is 2. The van der Waals surface area contributed by atoms with E-state index in [4.69, 9.17) is 4.74 Å². The first kappa shape index (κ1) is 19.8. The number of fused-ring (bicyclic) bond motifs is 1. The number of amides is 2. The van der Waals surface area contributed by atoms with Gasteiger partial charge in [0.05, 0.1) is 5.52 Å². The molecule has 0 spiro atoms. The van der Waals surface area contributed by atoms with Crippen LogP contribution in [0.2, 0.25) is 0 Å². The van der Waals surface area contributed by atoms with Gasteiger partial charge >= 0.3 is 0 Å². The standard InChI is InChI=1S/C23H24N4O3/c1-16-15-26(23(29)18-7-4-3-5-8-18)13-14-27(16)22(28)17(2)30-20-10-6-9-19-21(20)25-12-11-24-19/h3-12,16-17H,13-15H2,1-2H3/t16-,17?/m1/s1. The Kier molecular flexibility index (Phi) is 5.61. The van der Waals surface area contributed by atoms with Crippen LogP contribution in [-0.4, -0.2) is 63.4 Å². The van der Waals surface area contributed by atoms with Gasteiger partial charge < -0.3 is 14.5 Å². The minimum absolute atomic E-state index is 0.00632. The third-order valence-corrected chi connectivity index (χ3v) is 5.33. The van der Waals surface area contributed by atoms with Crippen LogP contribution in [0.25, 0.3) is 11.0 Å². The Balaban J connectivity index is 1.42. The van der Waals surface area contributed by atoms with Crippen molar-refractivity contribution in [3.05, 3.63) is 66.5 Å². The molecule has 2 amide bonds. The molecule has 1 fully saturated rings. The first-order valence-corrected chi connectivity index (χ1v) is 10.1. The summed E-state index contributed by atoms with van der Waals surface area (Å²) in [5.74, 6) is 0.426. The number of carbonyl (C=O) groups is 2. The molecule has 0 saturated carbocycles. The minimum Gasteiger partial charge on any atom is -0.479 e. The van der Waals surface area contributed by atoms with Crippen molar-refractivity contribution in [2.75, 3.05) is 19.6 Å². The Hall–Kier alpha value is -3.48. The van der Waals surface area contributed by atoms with E-state index in [9.17, 15) is 9.59 Å². The van der Waals surface area contributed by atoms with Gasteiger partial charge in [-0.3, -0.25) is 14.6 Å². The van der Waals surface area contributed by atoms with Crippen molar-refractivity contribution in [2.24, 2.45) is 0 Å². The Morgan fingerprint density at radius 1 is 1.03 bits per heavy atom. The predicted molar refractivity (Wildman–Crippen MR) is 113 cm³/mol. The van der Waals surface area contributed by atoms with E-state index >= 15 is 0 Å². The quantitative estimate of drug-likeness (QED) is 0.668. The van der Waals surface area contributed by atoms with Gasteiger partial charge in [-0.1, -0.05) is 24.3 Å². The lowest BCUT2D eigenvalue weighted by Crippen LogP contribution is -2.57. The predicted octanol–water partition coefficient (Wildman–Crippen LogP) is 2.77. The number of aromatic nitrogens is 2. The maximum atomic E-state index is 13.1. The van der Waals surface area contributed by atoms with Gasteiger partial charge in [-0.2, -0.15) is 0 Å². The molecule has 1 aliphatic rings. The van der Waals surface area contributed by atoms with Crippen LogP contribution in [0.5, 0.6) is 5.75 Å². The van der Waals surface area contributed by atoms with Gasteiger partial charge in [0.1, 0.15) is 11.3 Å². The number of rotatable bonds is 4. The Morgan fingerprint density at radius 2 is 1.80 bits per heavy atom. The Bertz CT molecular complexity index is 1050. The molecule has 0 aliphatic carbocycles. The van der Waals surface area contributed by atoms with Crippen molar-refractivity contribution < 1.29 is 14.3 Å². The zero-order valence-corrected chi connectivity index (χ0v) is 17.1. The minimum atomic E-state index is -0.670. The molecule has 1 unspecified atom stereocenters. The van der Waals surface area contributed by atoms with E-state index in [1.807, 2.05) is 49.4 Å². The van der Waals surface area contributed by atoms with Crippen LogP contribution >= 0.6 is 0 Å². The summed E-state index contributed by atoms with van der Waals surface area (Å²) in [6.07, 6.45) is 2.56. The summed E-state index contributed by atoms with van der Waals surface area (Å²) in [6, 6.07) is 14.6. The van der Waals surface area contributed by atoms with Gasteiger partial charge in [0.2, 0.25) is 0 Å². The van der Waals surface area contributed by atoms with Gasteiger partial charge in [-0.25, -0.2) is 4.98 Å². The van der Waals surface area contributed by atoms with E-state index < -0.39 is 6.10 Å². The average molecular weight is 404 g/mol. The summed E-state index contributed by atoms with van der Waals surface area (Å²) in [7, 11) is 0. The highest BCUT2D eigenvalue weighted by atomic mass is 16.5. The first-order valence-electron chi connectivity index (χ1n) is 10.1. The highest BCUT2D eigenvalue weighted by Crippen LogP contribution is 2.23. The second kappa shape index (κ2) is 8.49. The summed E-state index contributed by atoms with van der Waals surface area (Å²) < 4.78 is 5.96. The number of ether oxygens (including phenoxy) is 1. The second-order valence-corrected chi connectivity index (χ2v) is 7.44. The maximum Gasteiger partial charge on any atom is 0.263 e. The van der Waals surface area contributed by atoms with Gasteiger partial charge in [-0.05, 0) is 38.1 Å². The largest absolute Gasteiger partial charge is 0.479 e. The Morgan fingerprint density at radius 3 is 2.57 bits per heavy atom. The van der Waals surface area contributed by atoms with Crippen molar-refractivity contribution in [2.45, 2.75) is 26.0 Å². The number of hydrogen-bond acceptors (Lipinski definition) is 5. The molecule has 30 heavy (non-hydrogen) atoms. The summed E-state index contributed by atoms with van der Waals surface area (Å²) in [6.45, 7) is 5.16. The first-order chi connectivity index (χ1) is 14.5. The summed E-state index contributed by atoms with van der Waals surface area (Å²) in [5, 5.41) is 0. The molecule has 3 aromatic rings. The van der Waals surface area contributed by atoms with Crippen LogP contribution < -0.4 is 4.74 Å². The zero-order valence-electron chi connectivity index (χ0n) is 17.1. The molecule has 1 saturated heterocycles. The van der Waals surface area contributed by atoms with Crippen LogP contribution in [0.4, 0.5) is 0 Å². The van der Waals surface area contributed by atoms with Crippen LogP contribution in [0.1, 0.15) is 24.2 Å².